The summed E-state index contributed by atoms with van der Waals surface area (Å²) >= 11 is 0. The highest BCUT2D eigenvalue weighted by Crippen LogP contribution is 2.15. The number of carbonyl (C=O) groups excluding carboxylic acids is 6. The van der Waals surface area contributed by atoms with Gasteiger partial charge in [0.2, 0.25) is 30.0 Å². The highest BCUT2D eigenvalue weighted by molar-refractivity contribution is 5.93. The van der Waals surface area contributed by atoms with Gasteiger partial charge in [0, 0.05) is 38.3 Å². The molecule has 18 nitrogen and oxygen atoms in total. The molecule has 0 heterocycles. The lowest BCUT2D eigenvalue weighted by atomic mass is 9.94. The minimum atomic E-state index is -0.746. The number of ether oxygens (including phenoxy) is 8. The second-order valence-electron chi connectivity index (χ2n) is 14.9. The van der Waals surface area contributed by atoms with Crippen LogP contribution in [0.3, 0.4) is 0 Å². The summed E-state index contributed by atoms with van der Waals surface area (Å²) in [6, 6.07) is -1.37. The standard InChI is InChI=1S/C41H76N4O14/c1-31(2)34(7)29-38(49)45(30-46)12-9-36(47)42-11-14-53-16-18-55-20-22-57-24-26-59-28-27-58-25-23-56-21-19-54-17-15-52-13-10-37(48)44-39(32(3)4)41(51)43-35(8)40(50)33(5)6/h30-35,39H,9-29H2,1-8H3,(H,42,47)(H,43,51)(H,44,48). The van der Waals surface area contributed by atoms with E-state index in [1.807, 2.05) is 34.6 Å². The Hall–Kier alpha value is -3.10. The third kappa shape index (κ3) is 31.4. The van der Waals surface area contributed by atoms with Crippen molar-refractivity contribution in [1.82, 2.24) is 20.9 Å². The molecular formula is C41H76N4O14. The number of rotatable bonds is 40. The van der Waals surface area contributed by atoms with E-state index < -0.39 is 12.1 Å². The lowest BCUT2D eigenvalue weighted by Gasteiger charge is -2.24. The second kappa shape index (κ2) is 36.7. The minimum absolute atomic E-state index is 0.0429. The molecule has 3 N–H and O–H groups in total. The molecule has 0 aliphatic heterocycles. The van der Waals surface area contributed by atoms with Gasteiger partial charge in [0.25, 0.3) is 0 Å². The highest BCUT2D eigenvalue weighted by Gasteiger charge is 2.27. The van der Waals surface area contributed by atoms with E-state index in [1.54, 1.807) is 20.8 Å². The Morgan fingerprint density at radius 1 is 0.525 bits per heavy atom. The Balaban J connectivity index is 3.53. The molecule has 18 heteroatoms. The number of nitrogens with zero attached hydrogens (tertiary/aromatic N) is 1. The first-order valence-electron chi connectivity index (χ1n) is 21.0. The Morgan fingerprint density at radius 3 is 1.34 bits per heavy atom. The largest absolute Gasteiger partial charge is 0.379 e. The van der Waals surface area contributed by atoms with E-state index in [-0.39, 0.29) is 79.6 Å². The maximum absolute atomic E-state index is 12.6. The molecule has 0 aliphatic carbocycles. The summed E-state index contributed by atoms with van der Waals surface area (Å²) in [5.41, 5.74) is 0. The monoisotopic (exact) mass is 849 g/mol. The molecule has 344 valence electrons. The predicted molar refractivity (Wildman–Crippen MR) is 219 cm³/mol. The lowest BCUT2D eigenvalue weighted by molar-refractivity contribution is -0.139. The summed E-state index contributed by atoms with van der Waals surface area (Å²) in [6.07, 6.45) is 0.896. The first kappa shape index (κ1) is 55.9. The van der Waals surface area contributed by atoms with E-state index >= 15 is 0 Å². The van der Waals surface area contributed by atoms with Crippen LogP contribution in [0.5, 0.6) is 0 Å². The number of amides is 5. The van der Waals surface area contributed by atoms with E-state index in [4.69, 9.17) is 37.9 Å². The summed E-state index contributed by atoms with van der Waals surface area (Å²) < 4.78 is 43.7. The molecule has 0 saturated carbocycles. The fourth-order valence-corrected chi connectivity index (χ4v) is 4.90. The van der Waals surface area contributed by atoms with Crippen LogP contribution in [0.1, 0.15) is 74.7 Å². The van der Waals surface area contributed by atoms with Crippen molar-refractivity contribution in [3.63, 3.8) is 0 Å². The van der Waals surface area contributed by atoms with Crippen molar-refractivity contribution in [2.75, 3.05) is 119 Å². The highest BCUT2D eigenvalue weighted by atomic mass is 16.6. The molecule has 0 saturated heterocycles. The number of carbonyl (C=O) groups is 6. The molecule has 0 bridgehead atoms. The zero-order valence-corrected chi connectivity index (χ0v) is 37.1. The van der Waals surface area contributed by atoms with Gasteiger partial charge < -0.3 is 53.8 Å². The zero-order chi connectivity index (χ0) is 44.3. The van der Waals surface area contributed by atoms with Gasteiger partial charge in [0.1, 0.15) is 6.04 Å². The normalized spacial score (nSPS) is 13.0. The summed E-state index contributed by atoms with van der Waals surface area (Å²) in [7, 11) is 0. The number of imide groups is 1. The Labute approximate surface area is 352 Å². The molecule has 0 aromatic heterocycles. The SMILES string of the molecule is CC(C)C(=O)C(C)NC(=O)C(NC(=O)CCOCCOCCOCCOCCOCCOCCOCCOCCNC(=O)CCN(C=O)C(=O)CC(C)C(C)C)C(C)C. The van der Waals surface area contributed by atoms with Gasteiger partial charge in [-0.1, -0.05) is 48.5 Å². The second-order valence-corrected chi connectivity index (χ2v) is 14.9. The van der Waals surface area contributed by atoms with Gasteiger partial charge in [0.15, 0.2) is 5.78 Å². The molecule has 0 aliphatic rings. The lowest BCUT2D eigenvalue weighted by Crippen LogP contribution is -2.53. The first-order chi connectivity index (χ1) is 28.2. The van der Waals surface area contributed by atoms with Crippen molar-refractivity contribution < 1.29 is 66.7 Å². The average Bonchev–Trinajstić information content (AvgIpc) is 3.19. The van der Waals surface area contributed by atoms with Crippen LogP contribution in [0.25, 0.3) is 0 Å². The van der Waals surface area contributed by atoms with Crippen molar-refractivity contribution in [3.8, 4) is 0 Å². The molecule has 0 aromatic rings. The predicted octanol–water partition coefficient (Wildman–Crippen LogP) is 1.55. The number of hydrogen-bond donors (Lipinski definition) is 3. The third-order valence-electron chi connectivity index (χ3n) is 8.93. The van der Waals surface area contributed by atoms with Crippen molar-refractivity contribution in [1.29, 1.82) is 0 Å². The van der Waals surface area contributed by atoms with E-state index in [2.05, 4.69) is 16.0 Å². The van der Waals surface area contributed by atoms with Gasteiger partial charge in [-0.25, -0.2) is 0 Å². The van der Waals surface area contributed by atoms with E-state index in [0.29, 0.717) is 118 Å². The van der Waals surface area contributed by atoms with E-state index in [0.717, 1.165) is 4.90 Å². The van der Waals surface area contributed by atoms with Crippen LogP contribution in [0.15, 0.2) is 0 Å². The molecule has 0 rings (SSSR count). The van der Waals surface area contributed by atoms with Gasteiger partial charge >= 0.3 is 0 Å². The third-order valence-corrected chi connectivity index (χ3v) is 8.93. The van der Waals surface area contributed by atoms with Crippen molar-refractivity contribution in [3.05, 3.63) is 0 Å². The zero-order valence-electron chi connectivity index (χ0n) is 37.1. The Morgan fingerprint density at radius 2 is 0.949 bits per heavy atom. The maximum atomic E-state index is 12.6. The van der Waals surface area contributed by atoms with Gasteiger partial charge in [0.05, 0.1) is 112 Å². The quantitative estimate of drug-likeness (QED) is 0.0590. The molecule has 0 radical (unpaired) electrons. The molecule has 3 unspecified atom stereocenters. The van der Waals surface area contributed by atoms with Crippen LogP contribution >= 0.6 is 0 Å². The topological polar surface area (TPSA) is 216 Å². The van der Waals surface area contributed by atoms with Crippen LogP contribution in [-0.2, 0) is 66.7 Å². The smallest absolute Gasteiger partial charge is 0.243 e. The molecule has 5 amide bonds. The van der Waals surface area contributed by atoms with Crippen molar-refractivity contribution in [2.24, 2.45) is 23.7 Å². The van der Waals surface area contributed by atoms with Crippen LogP contribution in [0.2, 0.25) is 0 Å². The number of Topliss-reactive ketones (excluding diaryl/α,β-unsaturated/α-hetero) is 1. The van der Waals surface area contributed by atoms with Crippen LogP contribution < -0.4 is 16.0 Å². The summed E-state index contributed by atoms with van der Waals surface area (Å²) in [5.74, 6) is -1.15. The van der Waals surface area contributed by atoms with Gasteiger partial charge in [-0.3, -0.25) is 33.7 Å². The first-order valence-corrected chi connectivity index (χ1v) is 21.0. The molecule has 3 atom stereocenters. The van der Waals surface area contributed by atoms with Gasteiger partial charge in [-0.15, -0.1) is 0 Å². The molecular weight excluding hydrogens is 772 g/mol. The van der Waals surface area contributed by atoms with Crippen molar-refractivity contribution >= 4 is 35.8 Å². The maximum Gasteiger partial charge on any atom is 0.243 e. The minimum Gasteiger partial charge on any atom is -0.379 e. The number of nitrogens with one attached hydrogen (secondary N) is 3. The molecule has 59 heavy (non-hydrogen) atoms. The summed E-state index contributed by atoms with van der Waals surface area (Å²) in [5, 5.41) is 8.14. The van der Waals surface area contributed by atoms with Gasteiger partial charge in [-0.2, -0.15) is 0 Å². The Kier molecular flexibility index (Phi) is 34.8. The van der Waals surface area contributed by atoms with Crippen LogP contribution in [0, 0.1) is 23.7 Å². The van der Waals surface area contributed by atoms with Crippen LogP contribution in [-0.4, -0.2) is 172 Å². The molecule has 0 spiro atoms. The van der Waals surface area contributed by atoms with Crippen LogP contribution in [0.4, 0.5) is 0 Å². The van der Waals surface area contributed by atoms with E-state index in [1.165, 1.54) is 0 Å². The van der Waals surface area contributed by atoms with Crippen molar-refractivity contribution in [2.45, 2.75) is 86.7 Å². The number of ketones is 1. The molecule has 0 aromatic carbocycles. The summed E-state index contributed by atoms with van der Waals surface area (Å²) in [4.78, 5) is 73.7. The van der Waals surface area contributed by atoms with Gasteiger partial charge in [-0.05, 0) is 24.7 Å². The molecule has 0 fully saturated rings. The average molecular weight is 849 g/mol. The number of hydrogen-bond acceptors (Lipinski definition) is 14. The fraction of sp³-hybridized carbons (Fsp3) is 0.854. The Bertz CT molecular complexity index is 1140. The summed E-state index contributed by atoms with van der Waals surface area (Å²) in [6.45, 7) is 21.4. The van der Waals surface area contributed by atoms with E-state index in [9.17, 15) is 28.8 Å². The fourth-order valence-electron chi connectivity index (χ4n) is 4.90.